The van der Waals surface area contributed by atoms with Gasteiger partial charge in [0.05, 0.1) is 0 Å². The molecule has 1 atom stereocenters. The number of carbonyl (C=O) groups is 3. The smallest absolute Gasteiger partial charge is 0.306 e. The van der Waals surface area contributed by atoms with E-state index in [0.29, 0.717) is 19.3 Å². The molecular weight excluding hydrogens is 805 g/mol. The highest BCUT2D eigenvalue weighted by Crippen LogP contribution is 2.16. The van der Waals surface area contributed by atoms with Gasteiger partial charge < -0.3 is 14.2 Å². The van der Waals surface area contributed by atoms with E-state index in [0.717, 1.165) is 77.0 Å². The molecule has 0 unspecified atom stereocenters. The summed E-state index contributed by atoms with van der Waals surface area (Å²) in [6.07, 6.45) is 64.1. The van der Waals surface area contributed by atoms with Crippen LogP contribution in [0, 0.1) is 0 Å². The topological polar surface area (TPSA) is 78.9 Å². The van der Waals surface area contributed by atoms with Gasteiger partial charge >= 0.3 is 17.9 Å². The zero-order valence-corrected chi connectivity index (χ0v) is 43.5. The predicted octanol–water partition coefficient (Wildman–Crippen LogP) is 18.9. The summed E-state index contributed by atoms with van der Waals surface area (Å²) in [4.78, 5) is 38.1. The van der Waals surface area contributed by atoms with Crippen LogP contribution in [0.3, 0.4) is 0 Å². The summed E-state index contributed by atoms with van der Waals surface area (Å²) in [5, 5.41) is 0. The van der Waals surface area contributed by atoms with E-state index in [4.69, 9.17) is 14.2 Å². The van der Waals surface area contributed by atoms with Gasteiger partial charge in [-0.1, -0.05) is 243 Å². The second kappa shape index (κ2) is 54.2. The van der Waals surface area contributed by atoms with E-state index in [1.165, 1.54) is 186 Å². The molecule has 0 aromatic heterocycles. The third kappa shape index (κ3) is 52.5. The number of carbonyl (C=O) groups excluding carboxylic acids is 3. The van der Waals surface area contributed by atoms with Gasteiger partial charge in [0.1, 0.15) is 13.2 Å². The lowest BCUT2D eigenvalue weighted by Crippen LogP contribution is -2.30. The molecule has 0 aliphatic carbocycles. The van der Waals surface area contributed by atoms with Crippen LogP contribution in [0.25, 0.3) is 0 Å². The lowest BCUT2D eigenvalue weighted by Gasteiger charge is -2.18. The van der Waals surface area contributed by atoms with E-state index >= 15 is 0 Å². The fraction of sp³-hybridized carbons (Fsp3) is 0.847. The second-order valence-corrected chi connectivity index (χ2v) is 19.2. The molecule has 0 aliphatic rings. The molecular formula is C59H108O6. The molecule has 0 rings (SSSR count). The summed E-state index contributed by atoms with van der Waals surface area (Å²) >= 11 is 0. The van der Waals surface area contributed by atoms with Crippen LogP contribution in [0.4, 0.5) is 0 Å². The molecule has 0 amide bonds. The van der Waals surface area contributed by atoms with Crippen LogP contribution in [0.1, 0.15) is 303 Å². The highest BCUT2D eigenvalue weighted by atomic mass is 16.6. The molecule has 65 heavy (non-hydrogen) atoms. The number of hydrogen-bond donors (Lipinski definition) is 0. The third-order valence-electron chi connectivity index (χ3n) is 12.6. The molecule has 380 valence electrons. The molecule has 0 saturated carbocycles. The van der Waals surface area contributed by atoms with Crippen molar-refractivity contribution >= 4 is 17.9 Å². The van der Waals surface area contributed by atoms with Crippen molar-refractivity contribution in [3.05, 3.63) is 36.5 Å². The Kier molecular flexibility index (Phi) is 52.3. The number of hydrogen-bond acceptors (Lipinski definition) is 6. The number of rotatable bonds is 52. The van der Waals surface area contributed by atoms with Crippen molar-refractivity contribution in [3.8, 4) is 0 Å². The Morgan fingerprint density at radius 3 is 0.892 bits per heavy atom. The molecule has 6 heteroatoms. The number of ether oxygens (including phenoxy) is 3. The minimum Gasteiger partial charge on any atom is -0.462 e. The maximum absolute atomic E-state index is 12.8. The van der Waals surface area contributed by atoms with Crippen LogP contribution in [0.2, 0.25) is 0 Å². The molecule has 6 nitrogen and oxygen atoms in total. The molecule has 0 saturated heterocycles. The van der Waals surface area contributed by atoms with Gasteiger partial charge in [-0.25, -0.2) is 0 Å². The van der Waals surface area contributed by atoms with E-state index in [1.807, 2.05) is 0 Å². The standard InChI is InChI=1S/C59H108O6/c1-4-7-10-13-16-19-22-25-28-29-32-34-37-40-43-46-49-52-58(61)64-55-56(65-59(62)53-50-47-44-41-38-35-31-27-24-21-18-15-12-9-6-3)54-63-57(60)51-48-45-42-39-36-33-30-26-23-20-17-14-11-8-5-2/h16,19,25-26,28,30,56H,4-15,17-18,20-24,27,29,31-55H2,1-3H3/b19-16-,28-25-,30-26-/t56-/m0/s1. The van der Waals surface area contributed by atoms with E-state index in [2.05, 4.69) is 57.2 Å². The van der Waals surface area contributed by atoms with Gasteiger partial charge in [-0.15, -0.1) is 0 Å². The van der Waals surface area contributed by atoms with Gasteiger partial charge in [0.15, 0.2) is 6.10 Å². The van der Waals surface area contributed by atoms with Crippen LogP contribution in [0.15, 0.2) is 36.5 Å². The first-order valence-electron chi connectivity index (χ1n) is 28.5. The monoisotopic (exact) mass is 913 g/mol. The first kappa shape index (κ1) is 62.6. The average Bonchev–Trinajstić information content (AvgIpc) is 3.30. The molecule has 0 spiro atoms. The largest absolute Gasteiger partial charge is 0.462 e. The highest BCUT2D eigenvalue weighted by molar-refractivity contribution is 5.71. The van der Waals surface area contributed by atoms with Crippen LogP contribution >= 0.6 is 0 Å². The zero-order chi connectivity index (χ0) is 47.2. The molecule has 0 aromatic carbocycles. The van der Waals surface area contributed by atoms with Crippen molar-refractivity contribution in [1.82, 2.24) is 0 Å². The molecule has 0 fully saturated rings. The summed E-state index contributed by atoms with van der Waals surface area (Å²) < 4.78 is 16.9. The Labute approximate surface area is 404 Å². The van der Waals surface area contributed by atoms with E-state index in [9.17, 15) is 14.4 Å². The minimum atomic E-state index is -0.775. The quantitative estimate of drug-likeness (QED) is 0.0262. The predicted molar refractivity (Wildman–Crippen MR) is 279 cm³/mol. The SMILES string of the molecule is CCCCC/C=C\C/C=C\CCCCCCCCCC(=O)OC[C@H](COC(=O)CCCCCCC/C=C\CCCCCCCC)OC(=O)CCCCCCCCCCCCCCCCC. The van der Waals surface area contributed by atoms with Crippen molar-refractivity contribution < 1.29 is 28.6 Å². The van der Waals surface area contributed by atoms with Crippen molar-refractivity contribution in [3.63, 3.8) is 0 Å². The van der Waals surface area contributed by atoms with Gasteiger partial charge in [-0.2, -0.15) is 0 Å². The summed E-state index contributed by atoms with van der Waals surface area (Å²) in [7, 11) is 0. The van der Waals surface area contributed by atoms with Crippen molar-refractivity contribution in [2.75, 3.05) is 13.2 Å². The number of allylic oxidation sites excluding steroid dienone is 6. The maximum atomic E-state index is 12.8. The molecule has 0 N–H and O–H groups in total. The Bertz CT molecular complexity index is 1090. The summed E-state index contributed by atoms with van der Waals surface area (Å²) in [5.74, 6) is -0.874. The van der Waals surface area contributed by atoms with Crippen molar-refractivity contribution in [2.24, 2.45) is 0 Å². The Morgan fingerprint density at radius 2 is 0.554 bits per heavy atom. The molecule has 0 aromatic rings. The molecule has 0 bridgehead atoms. The number of unbranched alkanes of at least 4 members (excludes halogenated alkanes) is 35. The van der Waals surface area contributed by atoms with Gasteiger partial charge in [0.2, 0.25) is 0 Å². The van der Waals surface area contributed by atoms with Crippen LogP contribution in [0.5, 0.6) is 0 Å². The fourth-order valence-electron chi connectivity index (χ4n) is 8.29. The first-order chi connectivity index (χ1) is 32.0. The Morgan fingerprint density at radius 1 is 0.308 bits per heavy atom. The van der Waals surface area contributed by atoms with Gasteiger partial charge in [-0.3, -0.25) is 14.4 Å². The van der Waals surface area contributed by atoms with E-state index in [1.54, 1.807) is 0 Å². The van der Waals surface area contributed by atoms with E-state index in [-0.39, 0.29) is 31.1 Å². The second-order valence-electron chi connectivity index (χ2n) is 19.2. The molecule has 0 radical (unpaired) electrons. The lowest BCUT2D eigenvalue weighted by molar-refractivity contribution is -0.167. The Hall–Kier alpha value is -2.37. The van der Waals surface area contributed by atoms with Gasteiger partial charge in [0, 0.05) is 19.3 Å². The van der Waals surface area contributed by atoms with Crippen molar-refractivity contribution in [1.29, 1.82) is 0 Å². The van der Waals surface area contributed by atoms with Crippen LogP contribution in [-0.4, -0.2) is 37.2 Å². The first-order valence-corrected chi connectivity index (χ1v) is 28.5. The average molecular weight is 914 g/mol. The van der Waals surface area contributed by atoms with E-state index < -0.39 is 6.10 Å². The van der Waals surface area contributed by atoms with Crippen LogP contribution in [-0.2, 0) is 28.6 Å². The third-order valence-corrected chi connectivity index (χ3v) is 12.6. The highest BCUT2D eigenvalue weighted by Gasteiger charge is 2.19. The summed E-state index contributed by atoms with van der Waals surface area (Å²) in [6, 6.07) is 0. The Balaban J connectivity index is 4.36. The molecule has 0 heterocycles. The fourth-order valence-corrected chi connectivity index (χ4v) is 8.29. The maximum Gasteiger partial charge on any atom is 0.306 e. The zero-order valence-electron chi connectivity index (χ0n) is 43.5. The minimum absolute atomic E-state index is 0.0756. The summed E-state index contributed by atoms with van der Waals surface area (Å²) in [6.45, 7) is 6.63. The van der Waals surface area contributed by atoms with Crippen LogP contribution < -0.4 is 0 Å². The van der Waals surface area contributed by atoms with Gasteiger partial charge in [0.25, 0.3) is 0 Å². The van der Waals surface area contributed by atoms with Crippen molar-refractivity contribution in [2.45, 2.75) is 309 Å². The molecule has 0 aliphatic heterocycles. The lowest BCUT2D eigenvalue weighted by atomic mass is 10.0. The summed E-state index contributed by atoms with van der Waals surface area (Å²) in [5.41, 5.74) is 0. The normalized spacial score (nSPS) is 12.2. The number of esters is 3. The van der Waals surface area contributed by atoms with Gasteiger partial charge in [-0.05, 0) is 77.0 Å².